The predicted molar refractivity (Wildman–Crippen MR) is 139 cm³/mol. The maximum Gasteiger partial charge on any atom is 0.293 e. The number of rotatable bonds is 7. The average molecular weight is 600 g/mol. The Labute approximate surface area is 219 Å². The largest absolute Gasteiger partial charge is 0.493 e. The lowest BCUT2D eigenvalue weighted by molar-refractivity contribution is -0.123. The summed E-state index contributed by atoms with van der Waals surface area (Å²) in [6, 6.07) is 18.8. The van der Waals surface area contributed by atoms with Crippen LogP contribution in [0.3, 0.4) is 0 Å². The molecule has 176 valence electrons. The second kappa shape index (κ2) is 10.9. The van der Waals surface area contributed by atoms with Crippen LogP contribution in [0.2, 0.25) is 0 Å². The Kier molecular flexibility index (Phi) is 7.73. The quantitative estimate of drug-likeness (QED) is 0.240. The van der Waals surface area contributed by atoms with E-state index in [4.69, 9.17) is 9.47 Å². The molecule has 3 aromatic rings. The smallest absolute Gasteiger partial charge is 0.293 e. The van der Waals surface area contributed by atoms with Gasteiger partial charge >= 0.3 is 0 Å². The van der Waals surface area contributed by atoms with Crippen molar-refractivity contribution in [3.8, 4) is 17.6 Å². The zero-order valence-corrected chi connectivity index (χ0v) is 21.4. The van der Waals surface area contributed by atoms with Gasteiger partial charge in [-0.25, -0.2) is 4.39 Å². The van der Waals surface area contributed by atoms with Crippen molar-refractivity contribution in [2.24, 2.45) is 0 Å². The Morgan fingerprint density at radius 2 is 1.83 bits per heavy atom. The molecule has 4 rings (SSSR count). The minimum atomic E-state index is -0.429. The molecule has 0 N–H and O–H groups in total. The second-order valence-corrected chi connectivity index (χ2v) is 9.61. The molecule has 0 aliphatic carbocycles. The molecule has 0 radical (unpaired) electrons. The van der Waals surface area contributed by atoms with Crippen LogP contribution in [0.15, 0.2) is 65.6 Å². The first kappa shape index (κ1) is 24.8. The molecule has 35 heavy (non-hydrogen) atoms. The third-order valence-corrected chi connectivity index (χ3v) is 6.93. The molecule has 1 fully saturated rings. The first-order valence-corrected chi connectivity index (χ1v) is 12.3. The van der Waals surface area contributed by atoms with Crippen molar-refractivity contribution < 1.29 is 23.5 Å². The van der Waals surface area contributed by atoms with Crippen LogP contribution in [-0.2, 0) is 17.9 Å². The summed E-state index contributed by atoms with van der Waals surface area (Å²) < 4.78 is 26.0. The fourth-order valence-corrected chi connectivity index (χ4v) is 5.07. The van der Waals surface area contributed by atoms with E-state index < -0.39 is 11.1 Å². The second-order valence-electron chi connectivity index (χ2n) is 7.45. The molecule has 9 heteroatoms. The van der Waals surface area contributed by atoms with Crippen LogP contribution in [-0.4, -0.2) is 23.2 Å². The third-order valence-electron chi connectivity index (χ3n) is 5.22. The third kappa shape index (κ3) is 5.49. The van der Waals surface area contributed by atoms with Crippen LogP contribution >= 0.6 is 34.4 Å². The van der Waals surface area contributed by atoms with Crippen molar-refractivity contribution in [3.63, 3.8) is 0 Å². The van der Waals surface area contributed by atoms with Crippen LogP contribution in [0, 0.1) is 20.7 Å². The molecular weight excluding hydrogens is 582 g/mol. The summed E-state index contributed by atoms with van der Waals surface area (Å²) in [5.74, 6) is 0.0872. The zero-order valence-electron chi connectivity index (χ0n) is 18.5. The van der Waals surface area contributed by atoms with E-state index in [1.54, 1.807) is 60.7 Å². The van der Waals surface area contributed by atoms with E-state index >= 15 is 0 Å². The van der Waals surface area contributed by atoms with Crippen LogP contribution in [0.1, 0.15) is 22.3 Å². The monoisotopic (exact) mass is 600 g/mol. The number of methoxy groups -OCH3 is 1. The minimum Gasteiger partial charge on any atom is -0.493 e. The summed E-state index contributed by atoms with van der Waals surface area (Å²) in [4.78, 5) is 26.9. The SMILES string of the molecule is COc1cc(/C=C2/SC(=O)N(Cc3ccccc3C#N)C2=O)cc(I)c1OCc1ccccc1F. The van der Waals surface area contributed by atoms with E-state index in [0.29, 0.717) is 37.3 Å². The van der Waals surface area contributed by atoms with Gasteiger partial charge in [-0.05, 0) is 75.8 Å². The Morgan fingerprint density at radius 1 is 1.11 bits per heavy atom. The van der Waals surface area contributed by atoms with E-state index in [0.717, 1.165) is 16.7 Å². The Hall–Kier alpha value is -3.36. The van der Waals surface area contributed by atoms with Gasteiger partial charge in [0.1, 0.15) is 12.4 Å². The Balaban J connectivity index is 1.55. The first-order valence-electron chi connectivity index (χ1n) is 10.4. The fraction of sp³-hybridized carbons (Fsp3) is 0.115. The van der Waals surface area contributed by atoms with Gasteiger partial charge in [0.2, 0.25) is 0 Å². The number of ether oxygens (including phenoxy) is 2. The lowest BCUT2D eigenvalue weighted by Gasteiger charge is -2.14. The van der Waals surface area contributed by atoms with Crippen molar-refractivity contribution in [3.05, 3.63) is 97.2 Å². The maximum absolute atomic E-state index is 13.9. The van der Waals surface area contributed by atoms with Crippen molar-refractivity contribution in [1.82, 2.24) is 4.90 Å². The van der Waals surface area contributed by atoms with E-state index in [-0.39, 0.29) is 23.9 Å². The molecule has 0 saturated carbocycles. The van der Waals surface area contributed by atoms with Crippen molar-refractivity contribution >= 4 is 51.6 Å². The molecule has 0 spiro atoms. The number of nitrogens with zero attached hydrogens (tertiary/aromatic N) is 2. The number of hydrogen-bond acceptors (Lipinski definition) is 6. The average Bonchev–Trinajstić information content (AvgIpc) is 3.11. The number of hydrogen-bond donors (Lipinski definition) is 0. The van der Waals surface area contributed by atoms with Crippen LogP contribution in [0.5, 0.6) is 11.5 Å². The summed E-state index contributed by atoms with van der Waals surface area (Å²) in [6.45, 7) is 0.0524. The van der Waals surface area contributed by atoms with E-state index in [1.165, 1.54) is 13.2 Å². The molecule has 3 aromatic carbocycles. The van der Waals surface area contributed by atoms with Gasteiger partial charge in [-0.3, -0.25) is 14.5 Å². The highest BCUT2D eigenvalue weighted by molar-refractivity contribution is 14.1. The first-order chi connectivity index (χ1) is 16.9. The number of amides is 2. The number of carbonyl (C=O) groups is 2. The Morgan fingerprint density at radius 3 is 2.54 bits per heavy atom. The van der Waals surface area contributed by atoms with E-state index in [1.807, 2.05) is 0 Å². The molecule has 0 aromatic heterocycles. The number of imide groups is 1. The minimum absolute atomic E-state index is 0.0232. The topological polar surface area (TPSA) is 79.6 Å². The lowest BCUT2D eigenvalue weighted by atomic mass is 10.1. The molecule has 0 atom stereocenters. The van der Waals surface area contributed by atoms with Gasteiger partial charge in [0.05, 0.1) is 33.8 Å². The number of halogens is 2. The highest BCUT2D eigenvalue weighted by Gasteiger charge is 2.35. The van der Waals surface area contributed by atoms with Gasteiger partial charge < -0.3 is 9.47 Å². The van der Waals surface area contributed by atoms with Crippen molar-refractivity contribution in [2.45, 2.75) is 13.2 Å². The molecule has 1 saturated heterocycles. The molecule has 1 heterocycles. The Bertz CT molecular complexity index is 1390. The summed E-state index contributed by atoms with van der Waals surface area (Å²) >= 11 is 2.92. The van der Waals surface area contributed by atoms with Gasteiger partial charge in [-0.2, -0.15) is 5.26 Å². The van der Waals surface area contributed by atoms with Gasteiger partial charge in [-0.1, -0.05) is 36.4 Å². The molecule has 2 amide bonds. The highest BCUT2D eigenvalue weighted by Crippen LogP contribution is 2.38. The summed E-state index contributed by atoms with van der Waals surface area (Å²) in [5.41, 5.74) is 2.08. The molecular formula is C26H18FIN2O4S. The van der Waals surface area contributed by atoms with Crippen LogP contribution < -0.4 is 9.47 Å². The van der Waals surface area contributed by atoms with E-state index in [2.05, 4.69) is 28.7 Å². The lowest BCUT2D eigenvalue weighted by Crippen LogP contribution is -2.27. The number of thioether (sulfide) groups is 1. The van der Waals surface area contributed by atoms with Crippen molar-refractivity contribution in [1.29, 1.82) is 5.26 Å². The molecule has 1 aliphatic heterocycles. The highest BCUT2D eigenvalue weighted by atomic mass is 127. The van der Waals surface area contributed by atoms with Gasteiger partial charge in [0.25, 0.3) is 11.1 Å². The van der Waals surface area contributed by atoms with Crippen molar-refractivity contribution in [2.75, 3.05) is 7.11 Å². The predicted octanol–water partition coefficient (Wildman–Crippen LogP) is 6.13. The normalized spacial score (nSPS) is 14.3. The van der Waals surface area contributed by atoms with Crippen LogP contribution in [0.25, 0.3) is 6.08 Å². The molecule has 0 unspecified atom stereocenters. The molecule has 1 aliphatic rings. The number of nitriles is 1. The molecule has 0 bridgehead atoms. The van der Waals surface area contributed by atoms with Crippen LogP contribution in [0.4, 0.5) is 9.18 Å². The summed E-state index contributed by atoms with van der Waals surface area (Å²) in [7, 11) is 1.49. The zero-order chi connectivity index (χ0) is 24.9. The standard InChI is InChI=1S/C26H18FIN2O4S/c1-33-22-11-16(10-21(28)24(22)34-15-19-8-4-5-9-20(19)27)12-23-25(31)30(26(32)35-23)14-18-7-3-2-6-17(18)13-29/h2-12H,14-15H2,1H3/b23-12+. The maximum atomic E-state index is 13.9. The number of benzene rings is 3. The summed E-state index contributed by atoms with van der Waals surface area (Å²) in [5, 5.41) is 8.89. The number of carbonyl (C=O) groups excluding carboxylic acids is 2. The van der Waals surface area contributed by atoms with Gasteiger partial charge in [0, 0.05) is 5.56 Å². The van der Waals surface area contributed by atoms with Gasteiger partial charge in [0.15, 0.2) is 11.5 Å². The van der Waals surface area contributed by atoms with Gasteiger partial charge in [-0.15, -0.1) is 0 Å². The molecule has 6 nitrogen and oxygen atoms in total. The fourth-order valence-electron chi connectivity index (χ4n) is 3.45. The van der Waals surface area contributed by atoms with E-state index in [9.17, 15) is 19.2 Å². The summed E-state index contributed by atoms with van der Waals surface area (Å²) in [6.07, 6.45) is 1.62.